The Morgan fingerprint density at radius 2 is 2.20 bits per heavy atom. The summed E-state index contributed by atoms with van der Waals surface area (Å²) in [7, 11) is 0. The van der Waals surface area contributed by atoms with Crippen molar-refractivity contribution in [3.05, 3.63) is 42.5 Å². The Balaban J connectivity index is 2.39. The maximum atomic E-state index is 5.66. The zero-order valence-electron chi connectivity index (χ0n) is 9.54. The van der Waals surface area contributed by atoms with E-state index in [1.54, 1.807) is 0 Å². The summed E-state index contributed by atoms with van der Waals surface area (Å²) in [5.41, 5.74) is 1.26. The average molecular weight is 204 g/mol. The van der Waals surface area contributed by atoms with Crippen molar-refractivity contribution in [2.45, 2.75) is 32.6 Å². The van der Waals surface area contributed by atoms with Crippen LogP contribution in [-0.2, 0) is 6.42 Å². The fourth-order valence-corrected chi connectivity index (χ4v) is 1.47. The summed E-state index contributed by atoms with van der Waals surface area (Å²) in [6, 6.07) is 8.24. The highest BCUT2D eigenvalue weighted by Gasteiger charge is 1.95. The third kappa shape index (κ3) is 4.68. The highest BCUT2D eigenvalue weighted by atomic mass is 16.5. The van der Waals surface area contributed by atoms with E-state index in [2.05, 4.69) is 25.6 Å². The predicted molar refractivity (Wildman–Crippen MR) is 65.4 cm³/mol. The van der Waals surface area contributed by atoms with Gasteiger partial charge in [0.1, 0.15) is 5.75 Å². The Morgan fingerprint density at radius 1 is 1.33 bits per heavy atom. The summed E-state index contributed by atoms with van der Waals surface area (Å²) in [6.07, 6.45) is 6.44. The van der Waals surface area contributed by atoms with Gasteiger partial charge in [0, 0.05) is 0 Å². The van der Waals surface area contributed by atoms with Gasteiger partial charge in [-0.05, 0) is 30.5 Å². The van der Waals surface area contributed by atoms with Gasteiger partial charge in [-0.25, -0.2) is 0 Å². The van der Waals surface area contributed by atoms with Crippen LogP contribution < -0.4 is 4.74 Å². The van der Waals surface area contributed by atoms with Gasteiger partial charge in [0.25, 0.3) is 0 Å². The Labute approximate surface area is 92.8 Å². The average Bonchev–Trinajstić information content (AvgIpc) is 2.26. The third-order valence-electron chi connectivity index (χ3n) is 2.30. The van der Waals surface area contributed by atoms with Crippen molar-refractivity contribution in [1.29, 1.82) is 0 Å². The van der Waals surface area contributed by atoms with Gasteiger partial charge in [0.2, 0.25) is 0 Å². The van der Waals surface area contributed by atoms with Crippen LogP contribution in [0.4, 0.5) is 0 Å². The molecular formula is C14H20O. The number of rotatable bonds is 7. The van der Waals surface area contributed by atoms with Gasteiger partial charge in [-0.2, -0.15) is 0 Å². The zero-order valence-corrected chi connectivity index (χ0v) is 9.54. The Bertz CT molecular complexity index is 291. The van der Waals surface area contributed by atoms with Crippen molar-refractivity contribution in [1.82, 2.24) is 0 Å². The largest absolute Gasteiger partial charge is 0.494 e. The highest BCUT2D eigenvalue weighted by molar-refractivity contribution is 5.29. The summed E-state index contributed by atoms with van der Waals surface area (Å²) < 4.78 is 5.66. The molecule has 0 unspecified atom stereocenters. The van der Waals surface area contributed by atoms with E-state index in [9.17, 15) is 0 Å². The Hall–Kier alpha value is -1.24. The summed E-state index contributed by atoms with van der Waals surface area (Å²) in [5.74, 6) is 0.977. The first-order valence-corrected chi connectivity index (χ1v) is 5.69. The fourth-order valence-electron chi connectivity index (χ4n) is 1.47. The van der Waals surface area contributed by atoms with Crippen LogP contribution in [0.25, 0.3) is 0 Å². The molecule has 0 saturated carbocycles. The van der Waals surface area contributed by atoms with E-state index in [4.69, 9.17) is 4.74 Å². The molecule has 0 aliphatic rings. The molecule has 0 saturated heterocycles. The number of ether oxygens (including phenoxy) is 1. The van der Waals surface area contributed by atoms with E-state index in [-0.39, 0.29) is 0 Å². The molecule has 1 rings (SSSR count). The monoisotopic (exact) mass is 204 g/mol. The molecule has 0 spiro atoms. The second kappa shape index (κ2) is 7.10. The second-order valence-electron chi connectivity index (χ2n) is 3.70. The Kier molecular flexibility index (Phi) is 5.60. The first-order chi connectivity index (χ1) is 7.36. The summed E-state index contributed by atoms with van der Waals surface area (Å²) in [5, 5.41) is 0. The van der Waals surface area contributed by atoms with E-state index >= 15 is 0 Å². The van der Waals surface area contributed by atoms with Crippen molar-refractivity contribution in [2.75, 3.05) is 6.61 Å². The molecule has 0 aliphatic heterocycles. The minimum absolute atomic E-state index is 0.825. The molecule has 0 radical (unpaired) electrons. The number of hydrogen-bond acceptors (Lipinski definition) is 1. The van der Waals surface area contributed by atoms with Crippen LogP contribution in [-0.4, -0.2) is 6.61 Å². The van der Waals surface area contributed by atoms with Gasteiger partial charge < -0.3 is 4.74 Å². The minimum atomic E-state index is 0.825. The van der Waals surface area contributed by atoms with Gasteiger partial charge in [-0.15, -0.1) is 6.58 Å². The second-order valence-corrected chi connectivity index (χ2v) is 3.70. The molecule has 0 aromatic heterocycles. The molecule has 0 atom stereocenters. The predicted octanol–water partition coefficient (Wildman–Crippen LogP) is 3.98. The maximum Gasteiger partial charge on any atom is 0.119 e. The molecule has 0 fully saturated rings. The van der Waals surface area contributed by atoms with Gasteiger partial charge >= 0.3 is 0 Å². The molecule has 82 valence electrons. The standard InChI is InChI=1S/C14H20O/c1-3-5-6-11-15-14-10-7-9-13(12-14)8-4-2/h4,7,9-10,12H,2-3,5-6,8,11H2,1H3. The molecule has 0 heterocycles. The fraction of sp³-hybridized carbons (Fsp3) is 0.429. The van der Waals surface area contributed by atoms with Crippen LogP contribution >= 0.6 is 0 Å². The first-order valence-electron chi connectivity index (χ1n) is 5.69. The molecular weight excluding hydrogens is 184 g/mol. The lowest BCUT2D eigenvalue weighted by molar-refractivity contribution is 0.306. The minimum Gasteiger partial charge on any atom is -0.494 e. The van der Waals surface area contributed by atoms with Gasteiger partial charge in [-0.1, -0.05) is 38.0 Å². The van der Waals surface area contributed by atoms with Crippen LogP contribution in [0.5, 0.6) is 5.75 Å². The van der Waals surface area contributed by atoms with E-state index in [1.807, 2.05) is 18.2 Å². The van der Waals surface area contributed by atoms with Crippen molar-refractivity contribution in [3.63, 3.8) is 0 Å². The van der Waals surface area contributed by atoms with Crippen molar-refractivity contribution in [2.24, 2.45) is 0 Å². The van der Waals surface area contributed by atoms with E-state index in [0.717, 1.165) is 25.2 Å². The highest BCUT2D eigenvalue weighted by Crippen LogP contribution is 2.14. The normalized spacial score (nSPS) is 9.93. The summed E-state index contributed by atoms with van der Waals surface area (Å²) in [6.45, 7) is 6.76. The SMILES string of the molecule is C=CCc1cccc(OCCCCC)c1. The van der Waals surface area contributed by atoms with Gasteiger partial charge in [0.15, 0.2) is 0 Å². The van der Waals surface area contributed by atoms with Crippen LogP contribution in [0.2, 0.25) is 0 Å². The molecule has 1 aromatic rings. The molecule has 1 heteroatoms. The maximum absolute atomic E-state index is 5.66. The third-order valence-corrected chi connectivity index (χ3v) is 2.30. The van der Waals surface area contributed by atoms with Crippen LogP contribution in [0, 0.1) is 0 Å². The van der Waals surface area contributed by atoms with Crippen molar-refractivity contribution >= 4 is 0 Å². The van der Waals surface area contributed by atoms with Crippen LogP contribution in [0.15, 0.2) is 36.9 Å². The molecule has 0 bridgehead atoms. The number of allylic oxidation sites excluding steroid dienone is 1. The number of unbranched alkanes of at least 4 members (excludes halogenated alkanes) is 2. The van der Waals surface area contributed by atoms with Crippen LogP contribution in [0.3, 0.4) is 0 Å². The molecule has 1 aromatic carbocycles. The van der Waals surface area contributed by atoms with Gasteiger partial charge in [-0.3, -0.25) is 0 Å². The number of hydrogen-bond donors (Lipinski definition) is 0. The molecule has 1 nitrogen and oxygen atoms in total. The van der Waals surface area contributed by atoms with E-state index in [1.165, 1.54) is 18.4 Å². The van der Waals surface area contributed by atoms with E-state index in [0.29, 0.717) is 0 Å². The zero-order chi connectivity index (χ0) is 10.9. The van der Waals surface area contributed by atoms with Crippen molar-refractivity contribution in [3.8, 4) is 5.75 Å². The Morgan fingerprint density at radius 3 is 2.93 bits per heavy atom. The quantitative estimate of drug-likeness (QED) is 0.482. The topological polar surface area (TPSA) is 9.23 Å². The first kappa shape index (κ1) is 11.8. The summed E-state index contributed by atoms with van der Waals surface area (Å²) >= 11 is 0. The van der Waals surface area contributed by atoms with Gasteiger partial charge in [0.05, 0.1) is 6.61 Å². The number of benzene rings is 1. The molecule has 15 heavy (non-hydrogen) atoms. The molecule has 0 amide bonds. The molecule has 0 aliphatic carbocycles. The molecule has 0 N–H and O–H groups in total. The van der Waals surface area contributed by atoms with Crippen LogP contribution in [0.1, 0.15) is 31.7 Å². The lowest BCUT2D eigenvalue weighted by atomic mass is 10.1. The smallest absolute Gasteiger partial charge is 0.119 e. The summed E-state index contributed by atoms with van der Waals surface area (Å²) in [4.78, 5) is 0. The lowest BCUT2D eigenvalue weighted by Gasteiger charge is -2.06. The van der Waals surface area contributed by atoms with Crippen molar-refractivity contribution < 1.29 is 4.74 Å². The lowest BCUT2D eigenvalue weighted by Crippen LogP contribution is -1.97. The van der Waals surface area contributed by atoms with E-state index < -0.39 is 0 Å².